The van der Waals surface area contributed by atoms with Gasteiger partial charge in [0.15, 0.2) is 5.51 Å². The minimum atomic E-state index is -4.20. The normalized spacial score (nSPS) is 14.2. The number of aromatic nitrogens is 1. The van der Waals surface area contributed by atoms with Gasteiger partial charge in [0.2, 0.25) is 0 Å². The van der Waals surface area contributed by atoms with Gasteiger partial charge in [-0.05, 0) is 6.92 Å². The predicted molar refractivity (Wildman–Crippen MR) is 52.2 cm³/mol. The fourth-order valence-corrected chi connectivity index (χ4v) is 2.36. The average Bonchev–Trinajstić information content (AvgIpc) is 2.55. The average molecular weight is 236 g/mol. The van der Waals surface area contributed by atoms with Crippen LogP contribution in [0.4, 0.5) is 0 Å². The third-order valence-corrected chi connectivity index (χ3v) is 3.42. The molecule has 1 atom stereocenters. The monoisotopic (exact) mass is 236 g/mol. The summed E-state index contributed by atoms with van der Waals surface area (Å²) in [7, 11) is -4.20. The van der Waals surface area contributed by atoms with Crippen LogP contribution in [-0.2, 0) is 9.30 Å². The topological polar surface area (TPSA) is 79.7 Å². The Bertz CT molecular complexity index is 309. The first-order valence-electron chi connectivity index (χ1n) is 4.00. The van der Waals surface area contributed by atoms with Crippen LogP contribution >= 0.6 is 18.9 Å². The second-order valence-electron chi connectivity index (χ2n) is 2.63. The maximum Gasteiger partial charge on any atom is 0.336 e. The van der Waals surface area contributed by atoms with Crippen molar-refractivity contribution in [1.82, 2.24) is 4.98 Å². The van der Waals surface area contributed by atoms with Crippen LogP contribution < -0.4 is 0 Å². The molecule has 0 aliphatic carbocycles. The molecule has 0 aliphatic rings. The number of hydrogen-bond acceptors (Lipinski definition) is 4. The van der Waals surface area contributed by atoms with Crippen LogP contribution in [0.2, 0.25) is 0 Å². The van der Waals surface area contributed by atoms with Gasteiger partial charge in [-0.2, -0.15) is 0 Å². The number of thiazole rings is 1. The standard InChI is InChI=1S/C7H11NO4PS/c1-2-12-3-7(13(9,10)11)6-4-14-5-8-6/h4,7H,2-3H2,1H3,(H2,9,10,11). The van der Waals surface area contributed by atoms with Gasteiger partial charge >= 0.3 is 7.60 Å². The Kier molecular flexibility index (Phi) is 4.22. The minimum absolute atomic E-state index is 0.0155. The van der Waals surface area contributed by atoms with Crippen molar-refractivity contribution in [2.45, 2.75) is 12.6 Å². The van der Waals surface area contributed by atoms with E-state index < -0.39 is 13.3 Å². The van der Waals surface area contributed by atoms with Crippen LogP contribution in [0.3, 0.4) is 0 Å². The second-order valence-corrected chi connectivity index (χ2v) is 5.08. The van der Waals surface area contributed by atoms with Crippen LogP contribution in [0.25, 0.3) is 0 Å². The van der Waals surface area contributed by atoms with Crippen LogP contribution in [0.15, 0.2) is 5.38 Å². The van der Waals surface area contributed by atoms with Gasteiger partial charge in [-0.1, -0.05) is 0 Å². The summed E-state index contributed by atoms with van der Waals surface area (Å²) in [5, 5.41) is 1.57. The van der Waals surface area contributed by atoms with Crippen molar-refractivity contribution in [3.63, 3.8) is 0 Å². The molecular formula is C7H11NO4PS. The molecule has 1 aromatic rings. The molecule has 1 unspecified atom stereocenters. The maximum absolute atomic E-state index is 11.1. The van der Waals surface area contributed by atoms with Gasteiger partial charge in [-0.15, -0.1) is 11.3 Å². The van der Waals surface area contributed by atoms with Gasteiger partial charge in [0.25, 0.3) is 0 Å². The molecule has 79 valence electrons. The van der Waals surface area contributed by atoms with E-state index in [-0.39, 0.29) is 6.61 Å². The summed E-state index contributed by atoms with van der Waals surface area (Å²) in [4.78, 5) is 21.9. The molecule has 5 nitrogen and oxygen atoms in total. The van der Waals surface area contributed by atoms with Gasteiger partial charge in [-0.25, -0.2) is 4.98 Å². The lowest BCUT2D eigenvalue weighted by Gasteiger charge is -2.15. The first-order chi connectivity index (χ1) is 6.55. The summed E-state index contributed by atoms with van der Waals surface area (Å²) in [6.07, 6.45) is 0. The number of nitrogens with zero attached hydrogens (tertiary/aromatic N) is 1. The fourth-order valence-electron chi connectivity index (χ4n) is 0.929. The summed E-state index contributed by atoms with van der Waals surface area (Å²) in [5.41, 5.74) is 1.93. The van der Waals surface area contributed by atoms with E-state index in [1.54, 1.807) is 12.3 Å². The van der Waals surface area contributed by atoms with E-state index in [2.05, 4.69) is 10.5 Å². The van der Waals surface area contributed by atoms with E-state index in [0.29, 0.717) is 12.3 Å². The quantitative estimate of drug-likeness (QED) is 0.751. The highest BCUT2D eigenvalue weighted by molar-refractivity contribution is 7.52. The lowest BCUT2D eigenvalue weighted by molar-refractivity contribution is 0.140. The molecule has 1 heterocycles. The fraction of sp³-hybridized carbons (Fsp3) is 0.571. The highest BCUT2D eigenvalue weighted by Crippen LogP contribution is 2.51. The van der Waals surface area contributed by atoms with Gasteiger partial charge in [-0.3, -0.25) is 4.57 Å². The van der Waals surface area contributed by atoms with Crippen molar-refractivity contribution in [3.05, 3.63) is 16.6 Å². The van der Waals surface area contributed by atoms with Crippen molar-refractivity contribution in [1.29, 1.82) is 0 Å². The summed E-state index contributed by atoms with van der Waals surface area (Å²) in [6.45, 7) is 2.17. The lowest BCUT2D eigenvalue weighted by atomic mass is 10.3. The predicted octanol–water partition coefficient (Wildman–Crippen LogP) is 1.20. The van der Waals surface area contributed by atoms with Crippen molar-refractivity contribution in [3.8, 4) is 0 Å². The van der Waals surface area contributed by atoms with E-state index in [1.165, 1.54) is 11.3 Å². The molecule has 1 rings (SSSR count). The van der Waals surface area contributed by atoms with E-state index in [4.69, 9.17) is 14.5 Å². The van der Waals surface area contributed by atoms with Crippen LogP contribution in [0, 0.1) is 5.51 Å². The maximum atomic E-state index is 11.1. The van der Waals surface area contributed by atoms with Crippen molar-refractivity contribution >= 4 is 18.9 Å². The van der Waals surface area contributed by atoms with Gasteiger partial charge in [0.05, 0.1) is 12.3 Å². The molecule has 0 spiro atoms. The molecule has 0 saturated carbocycles. The summed E-state index contributed by atoms with van der Waals surface area (Å²) in [5.74, 6) is 0. The third-order valence-electron chi connectivity index (χ3n) is 1.63. The molecular weight excluding hydrogens is 225 g/mol. The third kappa shape index (κ3) is 3.15. The van der Waals surface area contributed by atoms with E-state index in [0.717, 1.165) is 0 Å². The smallest absolute Gasteiger partial charge is 0.336 e. The largest absolute Gasteiger partial charge is 0.380 e. The molecule has 0 fully saturated rings. The Morgan fingerprint density at radius 3 is 2.93 bits per heavy atom. The summed E-state index contributed by atoms with van der Waals surface area (Å²) < 4.78 is 16.1. The van der Waals surface area contributed by atoms with Crippen LogP contribution in [0.1, 0.15) is 18.3 Å². The van der Waals surface area contributed by atoms with E-state index in [1.807, 2.05) is 0 Å². The highest BCUT2D eigenvalue weighted by atomic mass is 32.1. The zero-order valence-corrected chi connectivity index (χ0v) is 9.29. The number of hydrogen-bond donors (Lipinski definition) is 2. The molecule has 1 aromatic heterocycles. The zero-order valence-electron chi connectivity index (χ0n) is 7.58. The minimum Gasteiger partial charge on any atom is -0.380 e. The molecule has 0 bridgehead atoms. The first-order valence-corrected chi connectivity index (χ1v) is 6.56. The molecule has 2 N–H and O–H groups in total. The van der Waals surface area contributed by atoms with Gasteiger partial charge in [0, 0.05) is 12.0 Å². The highest BCUT2D eigenvalue weighted by Gasteiger charge is 2.32. The van der Waals surface area contributed by atoms with Crippen LogP contribution in [-0.4, -0.2) is 28.0 Å². The van der Waals surface area contributed by atoms with E-state index >= 15 is 0 Å². The molecule has 0 amide bonds. The van der Waals surface area contributed by atoms with Crippen molar-refractivity contribution in [2.24, 2.45) is 0 Å². The Labute approximate surface area is 85.9 Å². The SMILES string of the molecule is CCOCC(c1cs[c]n1)P(=O)(O)O. The first kappa shape index (κ1) is 11.8. The van der Waals surface area contributed by atoms with Gasteiger partial charge in [0.1, 0.15) is 5.66 Å². The Morgan fingerprint density at radius 2 is 2.50 bits per heavy atom. The molecule has 7 heteroatoms. The second kappa shape index (κ2) is 5.00. The zero-order chi connectivity index (χ0) is 10.6. The van der Waals surface area contributed by atoms with Crippen LogP contribution in [0.5, 0.6) is 0 Å². The van der Waals surface area contributed by atoms with Gasteiger partial charge < -0.3 is 14.5 Å². The molecule has 0 aliphatic heterocycles. The molecule has 14 heavy (non-hydrogen) atoms. The molecule has 1 radical (unpaired) electrons. The molecule has 0 aromatic carbocycles. The van der Waals surface area contributed by atoms with Crippen molar-refractivity contribution < 1.29 is 19.1 Å². The van der Waals surface area contributed by atoms with Crippen molar-refractivity contribution in [2.75, 3.05) is 13.2 Å². The molecule has 0 saturated heterocycles. The Hall–Kier alpha value is -0.260. The Balaban J connectivity index is 2.78. The lowest BCUT2D eigenvalue weighted by Crippen LogP contribution is -2.09. The summed E-state index contributed by atoms with van der Waals surface area (Å²) >= 11 is 1.18. The number of ether oxygens (including phenoxy) is 1. The van der Waals surface area contributed by atoms with E-state index in [9.17, 15) is 4.57 Å². The Morgan fingerprint density at radius 1 is 1.79 bits per heavy atom. The summed E-state index contributed by atoms with van der Waals surface area (Å²) in [6, 6.07) is 0. The number of rotatable bonds is 5.